The molecular weight excluding hydrogens is 277 g/mol. The highest BCUT2D eigenvalue weighted by atomic mass is 19.1. The molecule has 0 amide bonds. The van der Waals surface area contributed by atoms with Crippen LogP contribution >= 0.6 is 0 Å². The summed E-state index contributed by atoms with van der Waals surface area (Å²) in [7, 11) is 1.99. The zero-order valence-electron chi connectivity index (χ0n) is 13.5. The van der Waals surface area contributed by atoms with Gasteiger partial charge in [0.2, 0.25) is 0 Å². The van der Waals surface area contributed by atoms with E-state index in [0.717, 1.165) is 34.7 Å². The molecule has 3 nitrogen and oxygen atoms in total. The third-order valence-corrected chi connectivity index (χ3v) is 3.54. The van der Waals surface area contributed by atoms with Crippen LogP contribution in [0.25, 0.3) is 0 Å². The normalized spacial score (nSPS) is 11.0. The number of rotatable bonds is 5. The Morgan fingerprint density at radius 3 is 2.64 bits per heavy atom. The van der Waals surface area contributed by atoms with Gasteiger partial charge in [-0.15, -0.1) is 0 Å². The van der Waals surface area contributed by atoms with Crippen LogP contribution in [0.1, 0.15) is 18.1 Å². The summed E-state index contributed by atoms with van der Waals surface area (Å²) in [6.45, 7) is 7.04. The van der Waals surface area contributed by atoms with Crippen LogP contribution in [0.2, 0.25) is 0 Å². The van der Waals surface area contributed by atoms with E-state index in [1.807, 2.05) is 50.3 Å². The average molecular weight is 299 g/mol. The van der Waals surface area contributed by atoms with Gasteiger partial charge in [-0.25, -0.2) is 9.38 Å². The van der Waals surface area contributed by atoms with E-state index in [-0.39, 0.29) is 5.82 Å². The Labute approximate surface area is 131 Å². The molecule has 0 spiro atoms. The maximum atomic E-state index is 13.3. The van der Waals surface area contributed by atoms with Crippen LogP contribution in [0, 0.1) is 19.7 Å². The quantitative estimate of drug-likeness (QED) is 0.634. The van der Waals surface area contributed by atoms with Gasteiger partial charge in [-0.2, -0.15) is 0 Å². The largest absolute Gasteiger partial charge is 0.366 e. The molecule has 4 heteroatoms. The smallest absolute Gasteiger partial charge is 0.125 e. The molecule has 0 aliphatic heterocycles. The number of nitrogens with one attached hydrogen (secondary N) is 1. The van der Waals surface area contributed by atoms with Crippen LogP contribution < -0.4 is 5.32 Å². The SMILES string of the molecule is CCN(C)C=Nc1cc(C)c(Nc2cccc(F)c2)cc1C. The summed E-state index contributed by atoms with van der Waals surface area (Å²) in [4.78, 5) is 6.53. The van der Waals surface area contributed by atoms with Gasteiger partial charge in [0.25, 0.3) is 0 Å². The average Bonchev–Trinajstić information content (AvgIpc) is 2.49. The Balaban J connectivity index is 2.24. The van der Waals surface area contributed by atoms with E-state index in [4.69, 9.17) is 0 Å². The minimum Gasteiger partial charge on any atom is -0.366 e. The molecule has 0 unspecified atom stereocenters. The number of nitrogens with zero attached hydrogens (tertiary/aromatic N) is 2. The standard InChI is InChI=1S/C18H22FN3/c1-5-22(4)12-20-17-9-14(3)18(10-13(17)2)21-16-8-6-7-15(19)11-16/h6-12,21H,5H2,1-4H3. The summed E-state index contributed by atoms with van der Waals surface area (Å²) in [6.07, 6.45) is 1.83. The van der Waals surface area contributed by atoms with Crippen molar-refractivity contribution in [3.8, 4) is 0 Å². The lowest BCUT2D eigenvalue weighted by atomic mass is 10.1. The van der Waals surface area contributed by atoms with E-state index in [1.165, 1.54) is 12.1 Å². The predicted molar refractivity (Wildman–Crippen MR) is 92.1 cm³/mol. The fraction of sp³-hybridized carbons (Fsp3) is 0.278. The number of hydrogen-bond acceptors (Lipinski definition) is 2. The van der Waals surface area contributed by atoms with Crippen molar-refractivity contribution in [2.75, 3.05) is 18.9 Å². The third-order valence-electron chi connectivity index (χ3n) is 3.54. The maximum absolute atomic E-state index is 13.3. The van der Waals surface area contributed by atoms with Gasteiger partial charge in [-0.05, 0) is 62.2 Å². The van der Waals surface area contributed by atoms with Crippen LogP contribution in [-0.2, 0) is 0 Å². The molecular formula is C18H22FN3. The van der Waals surface area contributed by atoms with Gasteiger partial charge < -0.3 is 10.2 Å². The van der Waals surface area contributed by atoms with Crippen LogP contribution in [0.5, 0.6) is 0 Å². The van der Waals surface area contributed by atoms with E-state index >= 15 is 0 Å². The molecule has 0 radical (unpaired) electrons. The molecule has 0 bridgehead atoms. The minimum absolute atomic E-state index is 0.247. The van der Waals surface area contributed by atoms with E-state index in [0.29, 0.717) is 0 Å². The number of aliphatic imine (C=N–C) groups is 1. The molecule has 0 heterocycles. The molecule has 0 atom stereocenters. The van der Waals surface area contributed by atoms with Crippen molar-refractivity contribution in [2.24, 2.45) is 4.99 Å². The third kappa shape index (κ3) is 4.07. The summed E-state index contributed by atoms with van der Waals surface area (Å²) in [5, 5.41) is 3.25. The molecule has 0 saturated heterocycles. The number of anilines is 2. The maximum Gasteiger partial charge on any atom is 0.125 e. The zero-order chi connectivity index (χ0) is 16.1. The Morgan fingerprint density at radius 1 is 1.18 bits per heavy atom. The van der Waals surface area contributed by atoms with E-state index in [1.54, 1.807) is 6.07 Å². The molecule has 22 heavy (non-hydrogen) atoms. The van der Waals surface area contributed by atoms with Gasteiger partial charge in [-0.3, -0.25) is 0 Å². The molecule has 0 aliphatic rings. The first-order chi connectivity index (χ1) is 10.5. The first kappa shape index (κ1) is 16.0. The second kappa shape index (κ2) is 7.07. The van der Waals surface area contributed by atoms with Gasteiger partial charge in [0.15, 0.2) is 0 Å². The Kier molecular flexibility index (Phi) is 5.15. The first-order valence-corrected chi connectivity index (χ1v) is 7.38. The van der Waals surface area contributed by atoms with Gasteiger partial charge >= 0.3 is 0 Å². The van der Waals surface area contributed by atoms with Crippen molar-refractivity contribution >= 4 is 23.4 Å². The van der Waals surface area contributed by atoms with Crippen molar-refractivity contribution in [3.63, 3.8) is 0 Å². The van der Waals surface area contributed by atoms with Gasteiger partial charge in [0.05, 0.1) is 12.0 Å². The predicted octanol–water partition coefficient (Wildman–Crippen LogP) is 4.80. The summed E-state index contributed by atoms with van der Waals surface area (Å²) >= 11 is 0. The second-order valence-corrected chi connectivity index (χ2v) is 5.41. The van der Waals surface area contributed by atoms with Gasteiger partial charge in [0.1, 0.15) is 5.82 Å². The summed E-state index contributed by atoms with van der Waals surface area (Å²) in [5.41, 5.74) is 4.80. The minimum atomic E-state index is -0.247. The Bertz CT molecular complexity index is 680. The number of aryl methyl sites for hydroxylation is 2. The molecule has 0 aromatic heterocycles. The van der Waals surface area contributed by atoms with Crippen molar-refractivity contribution in [2.45, 2.75) is 20.8 Å². The van der Waals surface area contributed by atoms with Gasteiger partial charge in [0, 0.05) is 25.0 Å². The van der Waals surface area contributed by atoms with Crippen molar-refractivity contribution in [1.82, 2.24) is 4.90 Å². The Morgan fingerprint density at radius 2 is 1.95 bits per heavy atom. The van der Waals surface area contributed by atoms with Crippen LogP contribution in [0.15, 0.2) is 41.4 Å². The zero-order valence-corrected chi connectivity index (χ0v) is 13.5. The topological polar surface area (TPSA) is 27.6 Å². The molecule has 1 N–H and O–H groups in total. The van der Waals surface area contributed by atoms with Crippen molar-refractivity contribution < 1.29 is 4.39 Å². The molecule has 0 aliphatic carbocycles. The molecule has 2 rings (SSSR count). The van der Waals surface area contributed by atoms with Crippen molar-refractivity contribution in [3.05, 3.63) is 53.3 Å². The lowest BCUT2D eigenvalue weighted by molar-refractivity contribution is 0.552. The number of hydrogen-bond donors (Lipinski definition) is 1. The van der Waals surface area contributed by atoms with E-state index < -0.39 is 0 Å². The van der Waals surface area contributed by atoms with E-state index in [2.05, 4.69) is 17.2 Å². The monoisotopic (exact) mass is 299 g/mol. The fourth-order valence-corrected chi connectivity index (χ4v) is 2.04. The number of benzene rings is 2. The van der Waals surface area contributed by atoms with Gasteiger partial charge in [-0.1, -0.05) is 6.07 Å². The molecule has 0 saturated carbocycles. The lowest BCUT2D eigenvalue weighted by Crippen LogP contribution is -2.14. The fourth-order valence-electron chi connectivity index (χ4n) is 2.04. The highest BCUT2D eigenvalue weighted by Crippen LogP contribution is 2.28. The summed E-state index contributed by atoms with van der Waals surface area (Å²) in [6, 6.07) is 10.5. The highest BCUT2D eigenvalue weighted by molar-refractivity contribution is 5.70. The molecule has 0 fully saturated rings. The summed E-state index contributed by atoms with van der Waals surface area (Å²) < 4.78 is 13.3. The second-order valence-electron chi connectivity index (χ2n) is 5.41. The van der Waals surface area contributed by atoms with Crippen molar-refractivity contribution in [1.29, 1.82) is 0 Å². The van der Waals surface area contributed by atoms with E-state index in [9.17, 15) is 4.39 Å². The molecule has 116 valence electrons. The lowest BCUT2D eigenvalue weighted by Gasteiger charge is -2.13. The first-order valence-electron chi connectivity index (χ1n) is 7.38. The highest BCUT2D eigenvalue weighted by Gasteiger charge is 2.05. The van der Waals surface area contributed by atoms with Crippen LogP contribution in [0.4, 0.5) is 21.5 Å². The molecule has 2 aromatic rings. The summed E-state index contributed by atoms with van der Waals surface area (Å²) in [5.74, 6) is -0.247. The molecule has 2 aromatic carbocycles. The van der Waals surface area contributed by atoms with Crippen LogP contribution in [-0.4, -0.2) is 24.8 Å². The Hall–Kier alpha value is -2.36. The van der Waals surface area contributed by atoms with Crippen LogP contribution in [0.3, 0.4) is 0 Å². The number of halogens is 1.